The number of unbranched alkanes of at least 4 members (excludes halogenated alkanes) is 5. The maximum absolute atomic E-state index is 15.1. The van der Waals surface area contributed by atoms with Gasteiger partial charge >= 0.3 is 11.9 Å². The number of phenols is 1. The van der Waals surface area contributed by atoms with E-state index >= 15 is 4.79 Å². The average Bonchev–Trinajstić information content (AvgIpc) is 3.37. The summed E-state index contributed by atoms with van der Waals surface area (Å²) in [5.41, 5.74) is 6.91. The van der Waals surface area contributed by atoms with Gasteiger partial charge in [-0.05, 0) is 87.6 Å². The number of phenolic OH excluding ortho intramolecular Hbond substituents is 1. The number of piperidine rings is 1. The number of aliphatic carboxylic acids is 1. The van der Waals surface area contributed by atoms with Crippen molar-refractivity contribution >= 4 is 53.3 Å². The number of nitrogens with one attached hydrogen (secondary N) is 5. The lowest BCUT2D eigenvalue weighted by molar-refractivity contribution is -0.165. The number of aromatic hydroxyl groups is 1. The maximum atomic E-state index is 15.1. The maximum Gasteiger partial charge on any atom is 0.329 e. The van der Waals surface area contributed by atoms with Crippen LogP contribution in [0.25, 0.3) is 0 Å². The summed E-state index contributed by atoms with van der Waals surface area (Å²) in [6.07, 6.45) is 0.833. The minimum Gasteiger partial charge on any atom is -0.508 e. The number of esters is 1. The first-order chi connectivity index (χ1) is 35.3. The number of amides is 7. The number of carbonyl (C=O) groups excluding carboxylic acids is 8. The number of hydrogen-bond acceptors (Lipinski definition) is 13. The molecule has 0 saturated carbocycles. The van der Waals surface area contributed by atoms with Crippen molar-refractivity contribution in [3.8, 4) is 5.75 Å². The topological polar surface area (TPSA) is 316 Å². The smallest absolute Gasteiger partial charge is 0.329 e. The molecule has 408 valence electrons. The Morgan fingerprint density at radius 3 is 2.11 bits per heavy atom. The minimum absolute atomic E-state index is 0.0170. The van der Waals surface area contributed by atoms with Crippen LogP contribution >= 0.6 is 0 Å². The van der Waals surface area contributed by atoms with Gasteiger partial charge in [-0.1, -0.05) is 95.3 Å². The van der Waals surface area contributed by atoms with Gasteiger partial charge in [0.1, 0.15) is 60.4 Å². The summed E-state index contributed by atoms with van der Waals surface area (Å²) >= 11 is 0. The number of benzene rings is 2. The van der Waals surface area contributed by atoms with E-state index in [-0.39, 0.29) is 57.2 Å². The zero-order chi connectivity index (χ0) is 54.5. The summed E-state index contributed by atoms with van der Waals surface area (Å²) < 4.78 is 5.95. The van der Waals surface area contributed by atoms with Gasteiger partial charge in [0.05, 0.1) is 0 Å². The van der Waals surface area contributed by atoms with E-state index in [2.05, 4.69) is 33.5 Å². The highest BCUT2D eigenvalue weighted by Crippen LogP contribution is 2.26. The number of hydrogen-bond donors (Lipinski definition) is 9. The largest absolute Gasteiger partial charge is 0.508 e. The first-order valence-corrected chi connectivity index (χ1v) is 26.0. The second-order valence-corrected chi connectivity index (χ2v) is 19.5. The van der Waals surface area contributed by atoms with E-state index in [0.29, 0.717) is 36.8 Å². The Bertz CT molecular complexity index is 2220. The molecule has 2 aromatic rings. The summed E-state index contributed by atoms with van der Waals surface area (Å²) in [4.78, 5) is 129. The Kier molecular flexibility index (Phi) is 24.2. The van der Waals surface area contributed by atoms with E-state index in [4.69, 9.17) is 10.5 Å². The third-order valence-electron chi connectivity index (χ3n) is 13.8. The average molecular weight is 1040 g/mol. The first kappa shape index (κ1) is 59.9. The van der Waals surface area contributed by atoms with Crippen LogP contribution in [0, 0.1) is 5.92 Å². The highest BCUT2D eigenvalue weighted by Gasteiger charge is 2.46. The number of aliphatic hydroxyl groups excluding tert-OH is 1. The van der Waals surface area contributed by atoms with Crippen molar-refractivity contribution in [3.05, 3.63) is 65.7 Å². The Balaban J connectivity index is 1.86. The fourth-order valence-corrected chi connectivity index (χ4v) is 9.07. The van der Waals surface area contributed by atoms with E-state index in [1.54, 1.807) is 56.3 Å². The van der Waals surface area contributed by atoms with Crippen LogP contribution in [0.1, 0.15) is 129 Å². The molecule has 4 rings (SSSR count). The van der Waals surface area contributed by atoms with Crippen LogP contribution in [0.4, 0.5) is 0 Å². The van der Waals surface area contributed by atoms with E-state index in [9.17, 15) is 53.7 Å². The molecule has 2 bridgehead atoms. The van der Waals surface area contributed by atoms with Gasteiger partial charge in [0.15, 0.2) is 0 Å². The summed E-state index contributed by atoms with van der Waals surface area (Å²) in [5, 5.41) is 44.5. The molecule has 2 aliphatic rings. The fourth-order valence-electron chi connectivity index (χ4n) is 9.07. The van der Waals surface area contributed by atoms with Crippen molar-refractivity contribution < 1.29 is 63.2 Å². The Morgan fingerprint density at radius 1 is 0.797 bits per heavy atom. The van der Waals surface area contributed by atoms with Gasteiger partial charge in [0.25, 0.3) is 0 Å². The van der Waals surface area contributed by atoms with Gasteiger partial charge in [0.2, 0.25) is 41.4 Å². The van der Waals surface area contributed by atoms with E-state index in [1.807, 2.05) is 0 Å². The number of carbonyl (C=O) groups is 9. The highest BCUT2D eigenvalue weighted by atomic mass is 16.5. The lowest BCUT2D eigenvalue weighted by Gasteiger charge is -2.43. The van der Waals surface area contributed by atoms with Gasteiger partial charge in [-0.25, -0.2) is 4.79 Å². The molecule has 2 aromatic carbocycles. The highest BCUT2D eigenvalue weighted by molar-refractivity contribution is 5.98. The van der Waals surface area contributed by atoms with Crippen LogP contribution in [0.3, 0.4) is 0 Å². The number of aliphatic hydroxyl groups is 1. The summed E-state index contributed by atoms with van der Waals surface area (Å²) in [5.74, 6) is -8.72. The number of nitrogens with two attached hydrogens (primary N) is 1. The molecule has 2 fully saturated rings. The molecule has 2 aliphatic heterocycles. The molecule has 2 heterocycles. The molecule has 0 aliphatic carbocycles. The lowest BCUT2D eigenvalue weighted by atomic mass is 9.95. The van der Waals surface area contributed by atoms with Crippen LogP contribution < -0.4 is 32.3 Å². The minimum atomic E-state index is -1.79. The molecule has 10 unspecified atom stereocenters. The van der Waals surface area contributed by atoms with E-state index < -0.39 is 120 Å². The predicted molar refractivity (Wildman–Crippen MR) is 272 cm³/mol. The van der Waals surface area contributed by atoms with Crippen LogP contribution in [0.15, 0.2) is 54.6 Å². The van der Waals surface area contributed by atoms with Crippen LogP contribution in [-0.4, -0.2) is 147 Å². The molecule has 7 amide bonds. The second-order valence-electron chi connectivity index (χ2n) is 19.5. The SMILES string of the molecule is CCCCCCCC(=O)NC(CCC(=O)O)C(=O)NC1C(=O)NC(CCCCN)C(=O)NC2CCC(O)N(C2=O)C(Cc2ccccc2)C(=O)N(C)C(Cc2ccc(O)cc2)C(=O)NC(C(C)CC)C(=O)OC1C. The van der Waals surface area contributed by atoms with E-state index in [1.165, 1.54) is 26.1 Å². The van der Waals surface area contributed by atoms with Crippen molar-refractivity contribution in [2.24, 2.45) is 11.7 Å². The zero-order valence-electron chi connectivity index (χ0n) is 43.4. The van der Waals surface area contributed by atoms with Gasteiger partial charge < -0.3 is 62.2 Å². The molecule has 10 N–H and O–H groups in total. The number of rotatable bonds is 22. The van der Waals surface area contributed by atoms with Crippen LogP contribution in [-0.2, 0) is 60.7 Å². The lowest BCUT2D eigenvalue weighted by Crippen LogP contribution is -2.65. The summed E-state index contributed by atoms with van der Waals surface area (Å²) in [6.45, 7) is 7.02. The van der Waals surface area contributed by atoms with Crippen molar-refractivity contribution in [1.82, 2.24) is 36.4 Å². The quantitative estimate of drug-likeness (QED) is 0.0603. The molecule has 0 spiro atoms. The number of carboxylic acids is 1. The molecular weight excluding hydrogens is 957 g/mol. The number of cyclic esters (lactones) is 1. The fraction of sp³-hybridized carbons (Fsp3) is 0.604. The zero-order valence-corrected chi connectivity index (χ0v) is 43.4. The van der Waals surface area contributed by atoms with Crippen molar-refractivity contribution in [1.29, 1.82) is 0 Å². The molecular formula is C53H78N8O13. The molecule has 0 radical (unpaired) electrons. The molecule has 21 nitrogen and oxygen atoms in total. The van der Waals surface area contributed by atoms with Crippen molar-refractivity contribution in [2.75, 3.05) is 13.6 Å². The number of nitrogens with zero attached hydrogens (tertiary/aromatic N) is 2. The first-order valence-electron chi connectivity index (χ1n) is 26.0. The second kappa shape index (κ2) is 29.9. The molecule has 74 heavy (non-hydrogen) atoms. The number of ether oxygens (including phenoxy) is 1. The molecule has 10 atom stereocenters. The normalized spacial score (nSPS) is 24.2. The third-order valence-corrected chi connectivity index (χ3v) is 13.8. The monoisotopic (exact) mass is 1030 g/mol. The molecule has 0 aromatic heterocycles. The van der Waals surface area contributed by atoms with Gasteiger partial charge in [-0.3, -0.25) is 38.4 Å². The van der Waals surface area contributed by atoms with Crippen LogP contribution in [0.5, 0.6) is 5.75 Å². The number of carboxylic acid groups (broad SMARTS) is 1. The van der Waals surface area contributed by atoms with Gasteiger partial charge in [-0.2, -0.15) is 0 Å². The molecule has 21 heteroatoms. The Hall–Kier alpha value is -6.61. The molecule has 2 saturated heterocycles. The van der Waals surface area contributed by atoms with E-state index in [0.717, 1.165) is 35.5 Å². The summed E-state index contributed by atoms with van der Waals surface area (Å²) in [7, 11) is 1.36. The van der Waals surface area contributed by atoms with Crippen LogP contribution in [0.2, 0.25) is 0 Å². The number of likely N-dealkylation sites (N-methyl/N-ethyl adjacent to an activating group) is 1. The van der Waals surface area contributed by atoms with Gasteiger partial charge in [-0.15, -0.1) is 0 Å². The third kappa shape index (κ3) is 17.8. The van der Waals surface area contributed by atoms with Gasteiger partial charge in [0, 0.05) is 32.7 Å². The van der Waals surface area contributed by atoms with Crippen molar-refractivity contribution in [3.63, 3.8) is 0 Å². The summed E-state index contributed by atoms with van der Waals surface area (Å²) in [6, 6.07) is 4.43. The Morgan fingerprint density at radius 2 is 1.46 bits per heavy atom. The standard InChI is InChI=1S/C53H78N8O13/c1-6-8-9-10-14-20-42(63)55-38(26-28-44(65)66)48(68)59-46-33(4)74-53(73)45(32(3)7-2)58-49(69)40(30-35-21-23-36(62)24-22-35)60(5)52(72)41(31-34-17-12-11-13-18-34)61-43(64)27-25-39(51(61)71)57-47(67)37(56-50(46)70)19-15-16-29-54/h11-13,17-18,21-24,32-33,37-41,43,45-46,62,64H,6-10,14-16,19-20,25-31,54H2,1-5H3,(H,55,63)(H,56,70)(H,57,67)(H,58,69)(H,59,68)(H,65,66). The van der Waals surface area contributed by atoms with Crippen molar-refractivity contribution in [2.45, 2.75) is 185 Å². The predicted octanol–water partition coefficient (Wildman–Crippen LogP) is 2.08. The number of fused-ring (bicyclic) bond motifs is 2. The Labute approximate surface area is 433 Å².